The van der Waals surface area contributed by atoms with Crippen LogP contribution in [0.15, 0.2) is 60.7 Å². The number of nitrogens with zero attached hydrogens (tertiary/aromatic N) is 2. The van der Waals surface area contributed by atoms with Gasteiger partial charge in [0, 0.05) is 24.7 Å². The number of carbonyl (C=O) groups excluding carboxylic acids is 4. The van der Waals surface area contributed by atoms with Crippen molar-refractivity contribution in [1.82, 2.24) is 0 Å². The third-order valence-electron chi connectivity index (χ3n) is 7.01. The highest BCUT2D eigenvalue weighted by Crippen LogP contribution is 2.40. The first-order valence-electron chi connectivity index (χ1n) is 11.7. The highest BCUT2D eigenvalue weighted by molar-refractivity contribution is 6.22. The monoisotopic (exact) mass is 474 g/mol. The molecule has 2 fully saturated rings. The number of allylic oxidation sites excluding steroid dienone is 2. The number of benzene rings is 2. The maximum absolute atomic E-state index is 13.0. The van der Waals surface area contributed by atoms with Gasteiger partial charge in [0.25, 0.3) is 0 Å². The molecule has 8 heteroatoms. The predicted octanol–water partition coefficient (Wildman–Crippen LogP) is 3.36. The molecule has 1 aliphatic carbocycles. The minimum Gasteiger partial charge on any atom is -0.497 e. The van der Waals surface area contributed by atoms with E-state index in [-0.39, 0.29) is 54.2 Å². The Balaban J connectivity index is 1.25. The summed E-state index contributed by atoms with van der Waals surface area (Å²) in [7, 11) is 1.55. The maximum atomic E-state index is 13.0. The van der Waals surface area contributed by atoms with Crippen LogP contribution in [0.2, 0.25) is 0 Å². The fourth-order valence-corrected chi connectivity index (χ4v) is 5.16. The molecule has 2 aliphatic heterocycles. The first-order valence-corrected chi connectivity index (χ1v) is 11.7. The van der Waals surface area contributed by atoms with Crippen LogP contribution in [0.1, 0.15) is 19.8 Å². The first kappa shape index (κ1) is 22.8. The second kappa shape index (κ2) is 9.02. The topological polar surface area (TPSA) is 93.2 Å². The van der Waals surface area contributed by atoms with Gasteiger partial charge in [-0.25, -0.2) is 0 Å². The molecule has 2 aromatic carbocycles. The summed E-state index contributed by atoms with van der Waals surface area (Å²) in [5.74, 6) is -1.38. The van der Waals surface area contributed by atoms with Crippen LogP contribution < -0.4 is 19.3 Å². The van der Waals surface area contributed by atoms with Gasteiger partial charge in [-0.15, -0.1) is 0 Å². The van der Waals surface area contributed by atoms with Gasteiger partial charge in [0.1, 0.15) is 11.5 Å². The van der Waals surface area contributed by atoms with E-state index in [4.69, 9.17) is 9.47 Å². The summed E-state index contributed by atoms with van der Waals surface area (Å²) < 4.78 is 10.7. The molecule has 5 rings (SSSR count). The molecule has 0 saturated carbocycles. The Bertz CT molecular complexity index is 1220. The molecule has 0 N–H and O–H groups in total. The zero-order valence-corrected chi connectivity index (χ0v) is 19.5. The molecule has 8 nitrogen and oxygen atoms in total. The van der Waals surface area contributed by atoms with Crippen molar-refractivity contribution >= 4 is 35.1 Å². The number of esters is 1. The van der Waals surface area contributed by atoms with Gasteiger partial charge in [-0.3, -0.25) is 24.1 Å². The van der Waals surface area contributed by atoms with E-state index < -0.39 is 11.9 Å². The van der Waals surface area contributed by atoms with Crippen LogP contribution in [-0.2, 0) is 19.2 Å². The Morgan fingerprint density at radius 1 is 0.971 bits per heavy atom. The molecule has 35 heavy (non-hydrogen) atoms. The van der Waals surface area contributed by atoms with E-state index in [1.807, 2.05) is 19.1 Å². The lowest BCUT2D eigenvalue weighted by molar-refractivity contribution is -0.139. The first-order chi connectivity index (χ1) is 16.9. The number of amides is 3. The largest absolute Gasteiger partial charge is 0.497 e. The Morgan fingerprint density at radius 3 is 2.46 bits per heavy atom. The van der Waals surface area contributed by atoms with E-state index in [1.165, 1.54) is 4.90 Å². The van der Waals surface area contributed by atoms with Gasteiger partial charge >= 0.3 is 5.97 Å². The van der Waals surface area contributed by atoms with Crippen LogP contribution in [0.3, 0.4) is 0 Å². The number of rotatable bonds is 5. The van der Waals surface area contributed by atoms with Gasteiger partial charge < -0.3 is 14.4 Å². The molecule has 0 aromatic heterocycles. The van der Waals surface area contributed by atoms with Crippen LogP contribution in [0.5, 0.6) is 11.5 Å². The van der Waals surface area contributed by atoms with Gasteiger partial charge in [0.2, 0.25) is 17.7 Å². The molecule has 2 saturated heterocycles. The Kier molecular flexibility index (Phi) is 5.88. The third-order valence-corrected chi connectivity index (χ3v) is 7.01. The Hall–Kier alpha value is -3.94. The van der Waals surface area contributed by atoms with E-state index in [0.29, 0.717) is 23.5 Å². The normalized spacial score (nSPS) is 25.7. The van der Waals surface area contributed by atoms with E-state index >= 15 is 0 Å². The smallest absolute Gasteiger partial charge is 0.316 e. The van der Waals surface area contributed by atoms with Gasteiger partial charge in [-0.2, -0.15) is 0 Å². The van der Waals surface area contributed by atoms with Crippen LogP contribution in [-0.4, -0.2) is 37.3 Å². The minimum atomic E-state index is -0.604. The highest BCUT2D eigenvalue weighted by Gasteiger charge is 2.50. The zero-order valence-electron chi connectivity index (χ0n) is 19.5. The second-order valence-electron chi connectivity index (χ2n) is 9.19. The molecule has 0 spiro atoms. The second-order valence-corrected chi connectivity index (χ2v) is 9.19. The van der Waals surface area contributed by atoms with Crippen molar-refractivity contribution in [3.05, 3.63) is 60.7 Å². The fraction of sp³-hybridized carbons (Fsp3) is 0.333. The maximum Gasteiger partial charge on any atom is 0.316 e. The minimum absolute atomic E-state index is 0.0149. The molecule has 0 radical (unpaired) electrons. The summed E-state index contributed by atoms with van der Waals surface area (Å²) in [4.78, 5) is 53.9. The highest BCUT2D eigenvalue weighted by atomic mass is 16.5. The van der Waals surface area contributed by atoms with Crippen molar-refractivity contribution < 1.29 is 28.7 Å². The molecule has 4 atom stereocenters. The van der Waals surface area contributed by atoms with Crippen LogP contribution in [0.4, 0.5) is 11.4 Å². The van der Waals surface area contributed by atoms with Crippen LogP contribution in [0, 0.1) is 23.7 Å². The Labute approximate surface area is 203 Å². The van der Waals surface area contributed by atoms with Crippen molar-refractivity contribution in [2.45, 2.75) is 19.8 Å². The van der Waals surface area contributed by atoms with Gasteiger partial charge in [0.15, 0.2) is 0 Å². The lowest BCUT2D eigenvalue weighted by atomic mass is 9.78. The summed E-state index contributed by atoms with van der Waals surface area (Å²) in [6.07, 6.45) is 4.58. The number of hydrogen-bond donors (Lipinski definition) is 0. The van der Waals surface area contributed by atoms with E-state index in [0.717, 1.165) is 0 Å². The summed E-state index contributed by atoms with van der Waals surface area (Å²) in [5, 5.41) is 0. The van der Waals surface area contributed by atoms with Gasteiger partial charge in [-0.1, -0.05) is 25.1 Å². The van der Waals surface area contributed by atoms with Gasteiger partial charge in [0.05, 0.1) is 30.6 Å². The molecule has 2 heterocycles. The average Bonchev–Trinajstić information content (AvgIpc) is 3.38. The van der Waals surface area contributed by atoms with E-state index in [2.05, 4.69) is 0 Å². The fourth-order valence-electron chi connectivity index (χ4n) is 5.16. The summed E-state index contributed by atoms with van der Waals surface area (Å²) in [6, 6.07) is 13.5. The summed E-state index contributed by atoms with van der Waals surface area (Å²) >= 11 is 0. The molecule has 3 amide bonds. The van der Waals surface area contributed by atoms with Crippen molar-refractivity contribution in [1.29, 1.82) is 0 Å². The predicted molar refractivity (Wildman–Crippen MR) is 128 cm³/mol. The number of ether oxygens (including phenoxy) is 2. The van der Waals surface area contributed by atoms with Crippen LogP contribution >= 0.6 is 0 Å². The molecule has 0 bridgehead atoms. The van der Waals surface area contributed by atoms with Crippen molar-refractivity contribution in [2.75, 3.05) is 23.5 Å². The standard InChI is InChI=1S/C27H26N2O6/c1-16-5-3-8-22-24(16)26(32)29(25(22)31)18-9-11-20(12-10-18)35-27(33)17-13-23(30)28(15-17)19-6-4-7-21(14-19)34-2/h3-7,9-12,14,16-17,22,24H,8,13,15H2,1-2H3/t16-,17+,22-,24+/m1/s1. The molecule has 0 unspecified atom stereocenters. The van der Waals surface area contributed by atoms with Crippen LogP contribution in [0.25, 0.3) is 0 Å². The molecule has 180 valence electrons. The number of hydrogen-bond acceptors (Lipinski definition) is 6. The summed E-state index contributed by atoms with van der Waals surface area (Å²) in [5.41, 5.74) is 1.13. The molecule has 2 aromatic rings. The van der Waals surface area contributed by atoms with E-state index in [1.54, 1.807) is 60.5 Å². The van der Waals surface area contributed by atoms with Crippen molar-refractivity contribution in [3.8, 4) is 11.5 Å². The third kappa shape index (κ3) is 4.09. The van der Waals surface area contributed by atoms with Crippen molar-refractivity contribution in [2.24, 2.45) is 23.7 Å². The Morgan fingerprint density at radius 2 is 1.74 bits per heavy atom. The van der Waals surface area contributed by atoms with Gasteiger partial charge in [-0.05, 0) is 48.7 Å². The lowest BCUT2D eigenvalue weighted by Crippen LogP contribution is -2.31. The summed E-state index contributed by atoms with van der Waals surface area (Å²) in [6.45, 7) is 2.17. The molecular formula is C27H26N2O6. The average molecular weight is 475 g/mol. The SMILES string of the molecule is COc1cccc(N2C[C@@H](C(=O)Oc3ccc(N4C(=O)[C@H]5[C@H](C)C=CC[C@H]5C4=O)cc3)CC2=O)c1. The number of carbonyl (C=O) groups is 4. The number of methoxy groups -OCH3 is 1. The molecular weight excluding hydrogens is 448 g/mol. The van der Waals surface area contributed by atoms with E-state index in [9.17, 15) is 19.2 Å². The number of fused-ring (bicyclic) bond motifs is 1. The zero-order chi connectivity index (χ0) is 24.7. The number of anilines is 2. The number of imide groups is 1. The lowest BCUT2D eigenvalue weighted by Gasteiger charge is -2.22. The van der Waals surface area contributed by atoms with Crippen molar-refractivity contribution in [3.63, 3.8) is 0 Å². The quantitative estimate of drug-likeness (QED) is 0.286. The molecule has 3 aliphatic rings.